The number of aliphatic hydroxyl groups is 1. The standard InChI is InChI=1S/C18H23ClN2O2/c1-2-18(12-22)5-7-21(8-6-18)17(23)9-13-11-20-16-4-3-14(19)10-15(13)16/h3-4,10-11,20,22H,2,5-9,12H2,1H3. The number of piperidine rings is 1. The van der Waals surface area contributed by atoms with E-state index in [0.29, 0.717) is 11.4 Å². The van der Waals surface area contributed by atoms with Crippen LogP contribution in [0.4, 0.5) is 0 Å². The Hall–Kier alpha value is -1.52. The van der Waals surface area contributed by atoms with Crippen LogP contribution in [-0.4, -0.2) is 40.6 Å². The predicted octanol–water partition coefficient (Wildman–Crippen LogP) is 3.37. The number of carbonyl (C=O) groups is 1. The minimum Gasteiger partial charge on any atom is -0.396 e. The Morgan fingerprint density at radius 1 is 1.39 bits per heavy atom. The molecule has 5 heteroatoms. The largest absolute Gasteiger partial charge is 0.396 e. The van der Waals surface area contributed by atoms with E-state index in [0.717, 1.165) is 48.8 Å². The first-order valence-corrected chi connectivity index (χ1v) is 8.59. The van der Waals surface area contributed by atoms with E-state index in [1.165, 1.54) is 0 Å². The number of nitrogens with zero attached hydrogens (tertiary/aromatic N) is 1. The number of likely N-dealkylation sites (tertiary alicyclic amines) is 1. The molecular weight excluding hydrogens is 312 g/mol. The second-order valence-corrected chi connectivity index (χ2v) is 7.01. The van der Waals surface area contributed by atoms with E-state index in [2.05, 4.69) is 11.9 Å². The number of hydrogen-bond donors (Lipinski definition) is 2. The average molecular weight is 335 g/mol. The maximum absolute atomic E-state index is 12.6. The summed E-state index contributed by atoms with van der Waals surface area (Å²) in [6, 6.07) is 5.68. The summed E-state index contributed by atoms with van der Waals surface area (Å²) in [6.45, 7) is 3.79. The van der Waals surface area contributed by atoms with E-state index in [4.69, 9.17) is 11.6 Å². The van der Waals surface area contributed by atoms with Crippen molar-refractivity contribution in [2.75, 3.05) is 19.7 Å². The molecule has 0 aliphatic carbocycles. The summed E-state index contributed by atoms with van der Waals surface area (Å²) in [4.78, 5) is 17.7. The van der Waals surface area contributed by atoms with Crippen molar-refractivity contribution < 1.29 is 9.90 Å². The number of hydrogen-bond acceptors (Lipinski definition) is 2. The molecule has 1 amide bonds. The van der Waals surface area contributed by atoms with Gasteiger partial charge in [0.25, 0.3) is 0 Å². The first-order valence-electron chi connectivity index (χ1n) is 8.21. The molecule has 124 valence electrons. The number of aromatic amines is 1. The van der Waals surface area contributed by atoms with Crippen LogP contribution in [0.25, 0.3) is 10.9 Å². The van der Waals surface area contributed by atoms with Crippen molar-refractivity contribution >= 4 is 28.4 Å². The summed E-state index contributed by atoms with van der Waals surface area (Å²) in [5.41, 5.74) is 1.99. The number of rotatable bonds is 4. The predicted molar refractivity (Wildman–Crippen MR) is 92.6 cm³/mol. The normalized spacial score (nSPS) is 17.6. The van der Waals surface area contributed by atoms with Crippen LogP contribution in [0, 0.1) is 5.41 Å². The van der Waals surface area contributed by atoms with Crippen LogP contribution in [0.5, 0.6) is 0 Å². The highest BCUT2D eigenvalue weighted by atomic mass is 35.5. The van der Waals surface area contributed by atoms with Gasteiger partial charge in [-0.2, -0.15) is 0 Å². The molecule has 0 saturated carbocycles. The Labute approximate surface area is 141 Å². The van der Waals surface area contributed by atoms with E-state index in [1.54, 1.807) is 0 Å². The monoisotopic (exact) mass is 334 g/mol. The first kappa shape index (κ1) is 16.3. The van der Waals surface area contributed by atoms with Crippen molar-refractivity contribution in [1.29, 1.82) is 0 Å². The fourth-order valence-electron chi connectivity index (χ4n) is 3.43. The van der Waals surface area contributed by atoms with Crippen molar-refractivity contribution in [3.63, 3.8) is 0 Å². The van der Waals surface area contributed by atoms with Crippen molar-refractivity contribution in [1.82, 2.24) is 9.88 Å². The van der Waals surface area contributed by atoms with E-state index in [-0.39, 0.29) is 17.9 Å². The summed E-state index contributed by atoms with van der Waals surface area (Å²) in [5.74, 6) is 0.147. The van der Waals surface area contributed by atoms with E-state index < -0.39 is 0 Å². The third-order valence-corrected chi connectivity index (χ3v) is 5.57. The maximum atomic E-state index is 12.6. The topological polar surface area (TPSA) is 56.3 Å². The number of H-pyrrole nitrogens is 1. The second-order valence-electron chi connectivity index (χ2n) is 6.57. The zero-order chi connectivity index (χ0) is 16.4. The lowest BCUT2D eigenvalue weighted by Gasteiger charge is -2.40. The zero-order valence-electron chi connectivity index (χ0n) is 13.4. The van der Waals surface area contributed by atoms with Crippen molar-refractivity contribution in [3.8, 4) is 0 Å². The number of benzene rings is 1. The molecule has 0 radical (unpaired) electrons. The number of aromatic nitrogens is 1. The van der Waals surface area contributed by atoms with Gasteiger partial charge in [-0.25, -0.2) is 0 Å². The number of nitrogens with one attached hydrogen (secondary N) is 1. The summed E-state index contributed by atoms with van der Waals surface area (Å²) < 4.78 is 0. The molecule has 3 rings (SSSR count). The molecule has 23 heavy (non-hydrogen) atoms. The molecule has 1 aliphatic rings. The van der Waals surface area contributed by atoms with Gasteiger partial charge < -0.3 is 15.0 Å². The van der Waals surface area contributed by atoms with Gasteiger partial charge in [-0.05, 0) is 48.4 Å². The molecule has 4 nitrogen and oxygen atoms in total. The lowest BCUT2D eigenvalue weighted by atomic mass is 9.77. The molecule has 0 unspecified atom stereocenters. The third kappa shape index (κ3) is 3.24. The van der Waals surface area contributed by atoms with Gasteiger partial charge in [0, 0.05) is 41.8 Å². The van der Waals surface area contributed by atoms with Crippen LogP contribution in [0.15, 0.2) is 24.4 Å². The lowest BCUT2D eigenvalue weighted by molar-refractivity contribution is -0.133. The number of aliphatic hydroxyl groups excluding tert-OH is 1. The quantitative estimate of drug-likeness (QED) is 0.900. The van der Waals surface area contributed by atoms with Crippen molar-refractivity contribution in [2.45, 2.75) is 32.6 Å². The molecular formula is C18H23ClN2O2. The van der Waals surface area contributed by atoms with Crippen molar-refractivity contribution in [2.24, 2.45) is 5.41 Å². The molecule has 2 heterocycles. The Morgan fingerprint density at radius 3 is 2.78 bits per heavy atom. The van der Waals surface area contributed by atoms with Gasteiger partial charge in [0.05, 0.1) is 6.42 Å². The third-order valence-electron chi connectivity index (χ3n) is 5.33. The average Bonchev–Trinajstić information content (AvgIpc) is 2.97. The molecule has 0 bridgehead atoms. The van der Waals surface area contributed by atoms with Crippen molar-refractivity contribution in [3.05, 3.63) is 35.0 Å². The summed E-state index contributed by atoms with van der Waals surface area (Å²) in [5, 5.41) is 11.3. The van der Waals surface area contributed by atoms with Gasteiger partial charge >= 0.3 is 0 Å². The highest BCUT2D eigenvalue weighted by Crippen LogP contribution is 2.34. The molecule has 1 saturated heterocycles. The SMILES string of the molecule is CCC1(CO)CCN(C(=O)Cc2c[nH]c3ccc(Cl)cc23)CC1. The molecule has 0 atom stereocenters. The minimum atomic E-state index is 0.00505. The van der Waals surface area contributed by atoms with Crippen LogP contribution in [0.3, 0.4) is 0 Å². The number of amides is 1. The fourth-order valence-corrected chi connectivity index (χ4v) is 3.60. The fraction of sp³-hybridized carbons (Fsp3) is 0.500. The van der Waals surface area contributed by atoms with E-state index in [9.17, 15) is 9.90 Å². The van der Waals surface area contributed by atoms with Gasteiger partial charge in [0.15, 0.2) is 0 Å². The lowest BCUT2D eigenvalue weighted by Crippen LogP contribution is -2.44. The Balaban J connectivity index is 1.69. The molecule has 1 aromatic heterocycles. The molecule has 2 N–H and O–H groups in total. The van der Waals surface area contributed by atoms with Crippen LogP contribution in [-0.2, 0) is 11.2 Å². The summed E-state index contributed by atoms with van der Waals surface area (Å²) in [7, 11) is 0. The molecule has 1 fully saturated rings. The number of fused-ring (bicyclic) bond motifs is 1. The maximum Gasteiger partial charge on any atom is 0.227 e. The van der Waals surface area contributed by atoms with E-state index >= 15 is 0 Å². The minimum absolute atomic E-state index is 0.00505. The highest BCUT2D eigenvalue weighted by Gasteiger charge is 2.33. The van der Waals surface area contributed by atoms with Crippen LogP contribution in [0.1, 0.15) is 31.7 Å². The van der Waals surface area contributed by atoms with Gasteiger partial charge in [-0.1, -0.05) is 18.5 Å². The molecule has 1 aromatic carbocycles. The van der Waals surface area contributed by atoms with Crippen LogP contribution >= 0.6 is 11.6 Å². The Morgan fingerprint density at radius 2 is 2.13 bits per heavy atom. The Bertz CT molecular complexity index is 696. The van der Waals surface area contributed by atoms with Crippen LogP contribution in [0.2, 0.25) is 5.02 Å². The first-order chi connectivity index (χ1) is 11.1. The number of carbonyl (C=O) groups excluding carboxylic acids is 1. The molecule has 2 aromatic rings. The molecule has 1 aliphatic heterocycles. The second kappa shape index (κ2) is 6.54. The van der Waals surface area contributed by atoms with Gasteiger partial charge in [-0.15, -0.1) is 0 Å². The number of halogens is 1. The van der Waals surface area contributed by atoms with Crippen LogP contribution < -0.4 is 0 Å². The van der Waals surface area contributed by atoms with Gasteiger partial charge in [0.1, 0.15) is 0 Å². The van der Waals surface area contributed by atoms with Gasteiger partial charge in [-0.3, -0.25) is 4.79 Å². The molecule has 0 spiro atoms. The Kier molecular flexibility index (Phi) is 4.64. The summed E-state index contributed by atoms with van der Waals surface area (Å²) >= 11 is 6.06. The highest BCUT2D eigenvalue weighted by molar-refractivity contribution is 6.31. The smallest absolute Gasteiger partial charge is 0.227 e. The summed E-state index contributed by atoms with van der Waals surface area (Å²) in [6.07, 6.45) is 5.01. The van der Waals surface area contributed by atoms with Gasteiger partial charge in [0.2, 0.25) is 5.91 Å². The zero-order valence-corrected chi connectivity index (χ0v) is 14.2. The van der Waals surface area contributed by atoms with E-state index in [1.807, 2.05) is 29.3 Å².